The quantitative estimate of drug-likeness (QED) is 0.466. The summed E-state index contributed by atoms with van der Waals surface area (Å²) in [6, 6.07) is 0. The zero-order valence-corrected chi connectivity index (χ0v) is 8.77. The van der Waals surface area contributed by atoms with Crippen LogP contribution in [0.2, 0.25) is 0 Å². The minimum Gasteiger partial charge on any atom is -0.478 e. The van der Waals surface area contributed by atoms with Gasteiger partial charge in [0.15, 0.2) is 0 Å². The Balaban J connectivity index is 3.03. The molecule has 0 rings (SSSR count). The molecule has 0 fully saturated rings. The molecule has 0 heterocycles. The highest BCUT2D eigenvalue weighted by molar-refractivity contribution is 7.98. The van der Waals surface area contributed by atoms with Crippen molar-refractivity contribution in [2.24, 2.45) is 0 Å². The van der Waals surface area contributed by atoms with E-state index >= 15 is 0 Å². The number of thioether (sulfide) groups is 1. The molecule has 0 atom stereocenters. The number of hydrogen-bond donors (Lipinski definition) is 2. The molecule has 76 valence electrons. The number of carboxylic acid groups (broad SMARTS) is 1. The summed E-state index contributed by atoms with van der Waals surface area (Å²) in [6.07, 6.45) is 8.25. The Labute approximate surface area is 83.6 Å². The first-order valence-electron chi connectivity index (χ1n) is 4.39. The number of hydrogen-bond acceptors (Lipinski definition) is 3. The fraction of sp³-hybridized carbons (Fsp3) is 0.667. The maximum absolute atomic E-state index is 10.0. The Morgan fingerprint density at radius 1 is 1.46 bits per heavy atom. The smallest absolute Gasteiger partial charge is 0.329 e. The number of rotatable bonds is 8. The summed E-state index contributed by atoms with van der Waals surface area (Å²) in [4.78, 5) is 10.0. The highest BCUT2D eigenvalue weighted by atomic mass is 32.2. The number of carbonyl (C=O) groups is 1. The molecule has 0 aliphatic carbocycles. The molecule has 2 N–H and O–H groups in total. The van der Waals surface area contributed by atoms with E-state index in [4.69, 9.17) is 5.11 Å². The van der Waals surface area contributed by atoms with Gasteiger partial charge in [-0.3, -0.25) is 0 Å². The van der Waals surface area contributed by atoms with Crippen molar-refractivity contribution in [1.82, 2.24) is 5.32 Å². The maximum atomic E-state index is 10.0. The average Bonchev–Trinajstić information content (AvgIpc) is 2.09. The van der Waals surface area contributed by atoms with Crippen molar-refractivity contribution >= 4 is 17.7 Å². The minimum absolute atomic E-state index is 0.859. The molecule has 0 aromatic heterocycles. The van der Waals surface area contributed by atoms with Gasteiger partial charge in [-0.2, -0.15) is 11.8 Å². The third-order valence-electron chi connectivity index (χ3n) is 1.51. The van der Waals surface area contributed by atoms with Crippen LogP contribution in [0.25, 0.3) is 0 Å². The lowest BCUT2D eigenvalue weighted by atomic mass is 10.2. The molecule has 3 nitrogen and oxygen atoms in total. The van der Waals surface area contributed by atoms with Crippen LogP contribution in [-0.2, 0) is 4.79 Å². The van der Waals surface area contributed by atoms with Gasteiger partial charge >= 0.3 is 5.97 Å². The first-order valence-corrected chi connectivity index (χ1v) is 5.78. The van der Waals surface area contributed by atoms with Crippen molar-refractivity contribution in [1.29, 1.82) is 0 Å². The first kappa shape index (κ1) is 12.4. The molecule has 0 radical (unpaired) electrons. The van der Waals surface area contributed by atoms with Crippen LogP contribution in [0.1, 0.15) is 19.3 Å². The molecule has 0 aliphatic rings. The molecule has 13 heavy (non-hydrogen) atoms. The molecule has 0 aliphatic heterocycles. The van der Waals surface area contributed by atoms with Crippen molar-refractivity contribution in [3.05, 3.63) is 12.3 Å². The summed E-state index contributed by atoms with van der Waals surface area (Å²) in [6.45, 7) is 0.859. The molecule has 0 spiro atoms. The summed E-state index contributed by atoms with van der Waals surface area (Å²) < 4.78 is 0. The van der Waals surface area contributed by atoms with Gasteiger partial charge in [0.2, 0.25) is 0 Å². The predicted molar refractivity (Wildman–Crippen MR) is 57.0 cm³/mol. The van der Waals surface area contributed by atoms with Crippen molar-refractivity contribution < 1.29 is 9.90 Å². The Morgan fingerprint density at radius 3 is 2.85 bits per heavy atom. The summed E-state index contributed by atoms with van der Waals surface area (Å²) in [5.74, 6) is 0.306. The van der Waals surface area contributed by atoms with E-state index in [1.807, 2.05) is 11.8 Å². The van der Waals surface area contributed by atoms with E-state index in [9.17, 15) is 4.79 Å². The van der Waals surface area contributed by atoms with Crippen molar-refractivity contribution in [2.75, 3.05) is 18.6 Å². The third kappa shape index (κ3) is 11.4. The summed E-state index contributed by atoms with van der Waals surface area (Å²) in [5.41, 5.74) is 0. The molecule has 0 aromatic rings. The summed E-state index contributed by atoms with van der Waals surface area (Å²) >= 11 is 1.86. The Morgan fingerprint density at radius 2 is 2.23 bits per heavy atom. The van der Waals surface area contributed by atoms with Gasteiger partial charge in [0, 0.05) is 18.8 Å². The Hall–Kier alpha value is -0.640. The zero-order chi connectivity index (χ0) is 9.94. The molecule has 0 saturated heterocycles. The standard InChI is InChI=1S/C9H17NO2S/c1-13-8-4-2-3-6-10-7-5-9(11)12/h5,7,10H,2-4,6,8H2,1H3,(H,11,12)/b7-5+. The van der Waals surface area contributed by atoms with E-state index in [0.717, 1.165) is 19.0 Å². The molecule has 0 aromatic carbocycles. The van der Waals surface area contributed by atoms with E-state index < -0.39 is 5.97 Å². The highest BCUT2D eigenvalue weighted by Gasteiger charge is 1.87. The van der Waals surface area contributed by atoms with Crippen LogP contribution in [0.15, 0.2) is 12.3 Å². The van der Waals surface area contributed by atoms with Crippen molar-refractivity contribution in [3.63, 3.8) is 0 Å². The average molecular weight is 203 g/mol. The van der Waals surface area contributed by atoms with Gasteiger partial charge < -0.3 is 10.4 Å². The van der Waals surface area contributed by atoms with E-state index in [2.05, 4.69) is 11.6 Å². The molecular formula is C9H17NO2S. The lowest BCUT2D eigenvalue weighted by Crippen LogP contribution is -2.07. The second-order valence-electron chi connectivity index (χ2n) is 2.68. The van der Waals surface area contributed by atoms with Crippen LogP contribution in [0.3, 0.4) is 0 Å². The van der Waals surface area contributed by atoms with Gasteiger partial charge in [-0.1, -0.05) is 6.42 Å². The van der Waals surface area contributed by atoms with E-state index in [0.29, 0.717) is 0 Å². The zero-order valence-electron chi connectivity index (χ0n) is 7.95. The van der Waals surface area contributed by atoms with Gasteiger partial charge in [-0.05, 0) is 24.9 Å². The van der Waals surface area contributed by atoms with Crippen LogP contribution in [0.5, 0.6) is 0 Å². The fourth-order valence-corrected chi connectivity index (χ4v) is 1.36. The highest BCUT2D eigenvalue weighted by Crippen LogP contribution is 2.00. The van der Waals surface area contributed by atoms with E-state index in [1.54, 1.807) is 0 Å². The largest absolute Gasteiger partial charge is 0.478 e. The molecule has 0 saturated carbocycles. The number of nitrogens with one attached hydrogen (secondary N) is 1. The number of aliphatic carboxylic acids is 1. The Kier molecular flexibility index (Phi) is 8.98. The molecule has 0 amide bonds. The molecular weight excluding hydrogens is 186 g/mol. The van der Waals surface area contributed by atoms with Crippen molar-refractivity contribution in [3.8, 4) is 0 Å². The van der Waals surface area contributed by atoms with Crippen LogP contribution in [0, 0.1) is 0 Å². The lowest BCUT2D eigenvalue weighted by Gasteiger charge is -1.99. The van der Waals surface area contributed by atoms with Crippen LogP contribution < -0.4 is 5.32 Å². The SMILES string of the molecule is CSCCCCCN/C=C/C(=O)O. The summed E-state index contributed by atoms with van der Waals surface area (Å²) in [5, 5.41) is 11.2. The first-order chi connectivity index (χ1) is 6.27. The maximum Gasteiger partial charge on any atom is 0.329 e. The topological polar surface area (TPSA) is 49.3 Å². The van der Waals surface area contributed by atoms with Crippen molar-refractivity contribution in [2.45, 2.75) is 19.3 Å². The van der Waals surface area contributed by atoms with Crippen LogP contribution in [-0.4, -0.2) is 29.6 Å². The third-order valence-corrected chi connectivity index (χ3v) is 2.21. The van der Waals surface area contributed by atoms with E-state index in [1.165, 1.54) is 24.8 Å². The second kappa shape index (κ2) is 9.45. The van der Waals surface area contributed by atoms with Gasteiger partial charge in [-0.15, -0.1) is 0 Å². The summed E-state index contributed by atoms with van der Waals surface area (Å²) in [7, 11) is 0. The minimum atomic E-state index is -0.908. The molecule has 4 heteroatoms. The van der Waals surface area contributed by atoms with Crippen LogP contribution in [0.4, 0.5) is 0 Å². The van der Waals surface area contributed by atoms with Gasteiger partial charge in [0.25, 0.3) is 0 Å². The van der Waals surface area contributed by atoms with Gasteiger partial charge in [0.1, 0.15) is 0 Å². The predicted octanol–water partition coefficient (Wildman–Crippen LogP) is 1.71. The molecule has 0 bridgehead atoms. The lowest BCUT2D eigenvalue weighted by molar-refractivity contribution is -0.131. The van der Waals surface area contributed by atoms with Gasteiger partial charge in [0.05, 0.1) is 0 Å². The fourth-order valence-electron chi connectivity index (χ4n) is 0.864. The number of carboxylic acids is 1. The number of unbranched alkanes of at least 4 members (excludes halogenated alkanes) is 2. The normalized spacial score (nSPS) is 10.5. The second-order valence-corrected chi connectivity index (χ2v) is 3.66. The molecule has 0 unspecified atom stereocenters. The van der Waals surface area contributed by atoms with Gasteiger partial charge in [-0.25, -0.2) is 4.79 Å². The Bertz CT molecular complexity index is 160. The van der Waals surface area contributed by atoms with Crippen LogP contribution >= 0.6 is 11.8 Å². The monoisotopic (exact) mass is 203 g/mol. The van der Waals surface area contributed by atoms with E-state index in [-0.39, 0.29) is 0 Å².